The molecule has 170 valence electrons. The molecule has 0 spiro atoms. The number of aromatic carboxylic acids is 1. The number of Topliss-reactive ketones (excluding diaryl/α,β-unsaturated/α-hetero) is 1. The van der Waals surface area contributed by atoms with Crippen molar-refractivity contribution in [1.82, 2.24) is 0 Å². The van der Waals surface area contributed by atoms with Crippen molar-refractivity contribution in [2.45, 2.75) is 34.1 Å². The summed E-state index contributed by atoms with van der Waals surface area (Å²) in [4.78, 5) is 23.5. The first-order chi connectivity index (χ1) is 15.0. The van der Waals surface area contributed by atoms with Crippen molar-refractivity contribution in [3.8, 4) is 34.8 Å². The number of methoxy groups -OCH3 is 1. The molecule has 0 amide bonds. The third kappa shape index (κ3) is 6.67. The second-order valence-corrected chi connectivity index (χ2v) is 8.35. The lowest BCUT2D eigenvalue weighted by atomic mass is 9.87. The van der Waals surface area contributed by atoms with E-state index in [2.05, 4.69) is 11.8 Å². The molecule has 2 aromatic carbocycles. The van der Waals surface area contributed by atoms with Gasteiger partial charge >= 0.3 is 5.97 Å². The first kappa shape index (κ1) is 24.6. The van der Waals surface area contributed by atoms with E-state index in [9.17, 15) is 14.7 Å². The van der Waals surface area contributed by atoms with E-state index in [1.807, 2.05) is 20.8 Å². The highest BCUT2D eigenvalue weighted by molar-refractivity contribution is 5.99. The van der Waals surface area contributed by atoms with Crippen LogP contribution in [0.25, 0.3) is 0 Å². The number of benzene rings is 2. The van der Waals surface area contributed by atoms with Gasteiger partial charge in [-0.15, -0.1) is 0 Å². The van der Waals surface area contributed by atoms with E-state index in [0.717, 1.165) is 0 Å². The molecule has 0 bridgehead atoms. The Morgan fingerprint density at radius 2 is 1.56 bits per heavy atom. The van der Waals surface area contributed by atoms with Crippen molar-refractivity contribution < 1.29 is 34.0 Å². The molecule has 0 aliphatic carbocycles. The van der Waals surface area contributed by atoms with Crippen molar-refractivity contribution >= 4 is 11.8 Å². The van der Waals surface area contributed by atoms with Gasteiger partial charge < -0.3 is 24.4 Å². The van der Waals surface area contributed by atoms with Crippen molar-refractivity contribution in [3.63, 3.8) is 0 Å². The zero-order chi connectivity index (χ0) is 23.9. The molecule has 7 heteroatoms. The fraction of sp³-hybridized carbons (Fsp3) is 0.360. The van der Waals surface area contributed by atoms with E-state index in [-0.39, 0.29) is 47.0 Å². The van der Waals surface area contributed by atoms with Gasteiger partial charge in [-0.3, -0.25) is 4.79 Å². The molecule has 2 rings (SSSR count). The number of aromatic hydroxyl groups is 1. The number of hydrogen-bond donors (Lipinski definition) is 2. The van der Waals surface area contributed by atoms with Crippen LogP contribution in [0.2, 0.25) is 0 Å². The van der Waals surface area contributed by atoms with Gasteiger partial charge in [0.15, 0.2) is 17.3 Å². The number of rotatable bonds is 8. The Morgan fingerprint density at radius 3 is 2.12 bits per heavy atom. The predicted molar refractivity (Wildman–Crippen MR) is 120 cm³/mol. The molecule has 2 aromatic rings. The van der Waals surface area contributed by atoms with E-state index in [1.165, 1.54) is 25.3 Å². The number of carboxylic acids is 1. The lowest BCUT2D eigenvalue weighted by Gasteiger charge is -2.18. The second-order valence-electron chi connectivity index (χ2n) is 8.35. The van der Waals surface area contributed by atoms with Crippen LogP contribution in [0, 0.1) is 24.2 Å². The van der Waals surface area contributed by atoms with Crippen LogP contribution in [0.1, 0.15) is 53.5 Å². The molecule has 32 heavy (non-hydrogen) atoms. The van der Waals surface area contributed by atoms with Crippen molar-refractivity contribution in [3.05, 3.63) is 47.0 Å². The standard InChI is InChI=1S/C25H28O7/c1-16-20(11-9-18(23(16)27)19(26)15-25(2,3)4)31-12-6-7-13-32-22-14-17(24(28)29)8-10-21(22)30-5/h8-11,14,27H,12-13,15H2,1-5H3,(H,28,29). The van der Waals surface area contributed by atoms with E-state index < -0.39 is 5.97 Å². The van der Waals surface area contributed by atoms with Crippen LogP contribution in [0.15, 0.2) is 30.3 Å². The highest BCUT2D eigenvalue weighted by Gasteiger charge is 2.21. The van der Waals surface area contributed by atoms with Crippen LogP contribution in [-0.4, -0.2) is 42.3 Å². The number of ether oxygens (including phenoxy) is 3. The Morgan fingerprint density at radius 1 is 0.969 bits per heavy atom. The molecule has 0 aromatic heterocycles. The normalized spacial score (nSPS) is 10.7. The summed E-state index contributed by atoms with van der Waals surface area (Å²) in [5, 5.41) is 19.5. The van der Waals surface area contributed by atoms with Crippen LogP contribution >= 0.6 is 0 Å². The van der Waals surface area contributed by atoms with E-state index in [0.29, 0.717) is 23.5 Å². The summed E-state index contributed by atoms with van der Waals surface area (Å²) in [6.45, 7) is 7.63. The number of carbonyl (C=O) groups is 2. The summed E-state index contributed by atoms with van der Waals surface area (Å²) in [5.74, 6) is 5.41. The molecule has 0 fully saturated rings. The van der Waals surface area contributed by atoms with Crippen molar-refractivity contribution in [2.75, 3.05) is 20.3 Å². The highest BCUT2D eigenvalue weighted by Crippen LogP contribution is 2.33. The summed E-state index contributed by atoms with van der Waals surface area (Å²) in [6, 6.07) is 7.51. The smallest absolute Gasteiger partial charge is 0.335 e. The minimum Gasteiger partial charge on any atom is -0.507 e. The number of ketones is 1. The Bertz CT molecular complexity index is 1050. The van der Waals surface area contributed by atoms with Crippen LogP contribution < -0.4 is 14.2 Å². The van der Waals surface area contributed by atoms with Gasteiger partial charge in [0.1, 0.15) is 24.7 Å². The fourth-order valence-electron chi connectivity index (χ4n) is 2.89. The molecule has 0 heterocycles. The number of carbonyl (C=O) groups excluding carboxylic acids is 1. The maximum absolute atomic E-state index is 12.4. The van der Waals surface area contributed by atoms with Crippen LogP contribution in [0.5, 0.6) is 23.0 Å². The Labute approximate surface area is 187 Å². The lowest BCUT2D eigenvalue weighted by Crippen LogP contribution is -2.13. The average molecular weight is 440 g/mol. The second kappa shape index (κ2) is 10.6. The third-order valence-electron chi connectivity index (χ3n) is 4.51. The van der Waals surface area contributed by atoms with E-state index in [1.54, 1.807) is 19.1 Å². The summed E-state index contributed by atoms with van der Waals surface area (Å²) < 4.78 is 16.3. The molecule has 0 saturated carbocycles. The van der Waals surface area contributed by atoms with Gasteiger partial charge in [-0.25, -0.2) is 4.79 Å². The SMILES string of the molecule is COc1ccc(C(=O)O)cc1OCC#CCOc1ccc(C(=O)CC(C)(C)C)c(O)c1C. The van der Waals surface area contributed by atoms with Crippen molar-refractivity contribution in [1.29, 1.82) is 0 Å². The van der Waals surface area contributed by atoms with Crippen molar-refractivity contribution in [2.24, 2.45) is 5.41 Å². The van der Waals surface area contributed by atoms with Crippen LogP contribution in [0.3, 0.4) is 0 Å². The molecular formula is C25H28O7. The molecule has 0 aliphatic rings. The van der Waals surface area contributed by atoms with E-state index >= 15 is 0 Å². The van der Waals surface area contributed by atoms with E-state index in [4.69, 9.17) is 19.3 Å². The van der Waals surface area contributed by atoms with Gasteiger partial charge in [0, 0.05) is 12.0 Å². The average Bonchev–Trinajstić information content (AvgIpc) is 2.71. The summed E-state index contributed by atoms with van der Waals surface area (Å²) in [5.41, 5.74) is 0.653. The molecule has 2 N–H and O–H groups in total. The molecule has 0 radical (unpaired) electrons. The molecule has 0 atom stereocenters. The molecule has 0 unspecified atom stereocenters. The molecular weight excluding hydrogens is 412 g/mol. The van der Waals surface area contributed by atoms with Gasteiger partial charge in [0.25, 0.3) is 0 Å². The fourth-order valence-corrected chi connectivity index (χ4v) is 2.89. The van der Waals surface area contributed by atoms with Gasteiger partial charge in [0.05, 0.1) is 18.2 Å². The minimum atomic E-state index is -1.07. The highest BCUT2D eigenvalue weighted by atomic mass is 16.5. The molecule has 0 saturated heterocycles. The topological polar surface area (TPSA) is 102 Å². The van der Waals surface area contributed by atoms with Gasteiger partial charge in [-0.2, -0.15) is 0 Å². The largest absolute Gasteiger partial charge is 0.507 e. The predicted octanol–water partition coefficient (Wildman–Crippen LogP) is 4.49. The third-order valence-corrected chi connectivity index (χ3v) is 4.51. The number of hydrogen-bond acceptors (Lipinski definition) is 6. The Hall–Kier alpha value is -3.66. The summed E-state index contributed by atoms with van der Waals surface area (Å²) in [6.07, 6.45) is 0.325. The molecule has 7 nitrogen and oxygen atoms in total. The van der Waals surface area contributed by atoms with Crippen LogP contribution in [-0.2, 0) is 0 Å². The maximum Gasteiger partial charge on any atom is 0.335 e. The van der Waals surface area contributed by atoms with Gasteiger partial charge in [-0.05, 0) is 42.7 Å². The maximum atomic E-state index is 12.4. The van der Waals surface area contributed by atoms with Crippen LogP contribution in [0.4, 0.5) is 0 Å². The Balaban J connectivity index is 1.97. The molecule has 0 aliphatic heterocycles. The number of phenolic OH excluding ortho intramolecular Hbond substituents is 1. The monoisotopic (exact) mass is 440 g/mol. The summed E-state index contributed by atoms with van der Waals surface area (Å²) >= 11 is 0. The quantitative estimate of drug-likeness (QED) is 0.461. The number of phenols is 1. The van der Waals surface area contributed by atoms with Gasteiger partial charge in [-0.1, -0.05) is 32.6 Å². The zero-order valence-corrected chi connectivity index (χ0v) is 18.9. The van der Waals surface area contributed by atoms with Gasteiger partial charge in [0.2, 0.25) is 0 Å². The first-order valence-corrected chi connectivity index (χ1v) is 10.0. The Kier molecular flexibility index (Phi) is 8.14. The lowest BCUT2D eigenvalue weighted by molar-refractivity contribution is 0.0696. The minimum absolute atomic E-state index is 0.00721. The number of carboxylic acid groups (broad SMARTS) is 1. The first-order valence-electron chi connectivity index (χ1n) is 10.0. The summed E-state index contributed by atoms with van der Waals surface area (Å²) in [7, 11) is 1.46. The zero-order valence-electron chi connectivity index (χ0n) is 18.9.